The van der Waals surface area contributed by atoms with Gasteiger partial charge >= 0.3 is 0 Å². The number of ketones is 1. The van der Waals surface area contributed by atoms with E-state index in [1.165, 1.54) is 47.1 Å². The molecule has 0 heterocycles. The second-order valence-corrected chi connectivity index (χ2v) is 5.73. The SMILES string of the molecule is CCCCCCC(=O)c1c(C)c(C)c(C)c(C)c1C. The first kappa shape index (κ1) is 15.9. The van der Waals surface area contributed by atoms with Crippen LogP contribution in [0.3, 0.4) is 0 Å². The topological polar surface area (TPSA) is 17.1 Å². The number of Topliss-reactive ketones (excluding diaryl/α,β-unsaturated/α-hetero) is 1. The van der Waals surface area contributed by atoms with Crippen LogP contribution in [0.4, 0.5) is 0 Å². The number of hydrogen-bond donors (Lipinski definition) is 0. The maximum absolute atomic E-state index is 12.5. The third-order valence-electron chi connectivity index (χ3n) is 4.54. The second-order valence-electron chi connectivity index (χ2n) is 5.73. The van der Waals surface area contributed by atoms with E-state index < -0.39 is 0 Å². The monoisotopic (exact) mass is 260 g/mol. The fraction of sp³-hybridized carbons (Fsp3) is 0.611. The predicted molar refractivity (Wildman–Crippen MR) is 83.2 cm³/mol. The van der Waals surface area contributed by atoms with Crippen molar-refractivity contribution < 1.29 is 4.79 Å². The summed E-state index contributed by atoms with van der Waals surface area (Å²) in [5.41, 5.74) is 7.23. The summed E-state index contributed by atoms with van der Waals surface area (Å²) < 4.78 is 0. The van der Waals surface area contributed by atoms with Crippen LogP contribution in [-0.4, -0.2) is 5.78 Å². The van der Waals surface area contributed by atoms with Gasteiger partial charge in [0.25, 0.3) is 0 Å². The van der Waals surface area contributed by atoms with E-state index in [1.807, 2.05) is 0 Å². The Morgan fingerprint density at radius 3 is 1.68 bits per heavy atom. The number of hydrogen-bond acceptors (Lipinski definition) is 1. The highest BCUT2D eigenvalue weighted by atomic mass is 16.1. The maximum atomic E-state index is 12.5. The van der Waals surface area contributed by atoms with Gasteiger partial charge in [0.05, 0.1) is 0 Å². The normalized spacial score (nSPS) is 10.8. The zero-order valence-corrected chi connectivity index (χ0v) is 13.4. The average Bonchev–Trinajstić information content (AvgIpc) is 2.39. The van der Waals surface area contributed by atoms with E-state index in [2.05, 4.69) is 41.5 Å². The summed E-state index contributed by atoms with van der Waals surface area (Å²) in [6, 6.07) is 0. The minimum Gasteiger partial charge on any atom is -0.294 e. The van der Waals surface area contributed by atoms with Crippen molar-refractivity contribution in [3.8, 4) is 0 Å². The lowest BCUT2D eigenvalue weighted by atomic mass is 9.86. The molecule has 19 heavy (non-hydrogen) atoms. The molecule has 0 amide bonds. The number of carbonyl (C=O) groups is 1. The van der Waals surface area contributed by atoms with Gasteiger partial charge in [0, 0.05) is 12.0 Å². The lowest BCUT2D eigenvalue weighted by Crippen LogP contribution is -2.09. The lowest BCUT2D eigenvalue weighted by molar-refractivity contribution is 0.0977. The van der Waals surface area contributed by atoms with E-state index in [4.69, 9.17) is 0 Å². The zero-order chi connectivity index (χ0) is 14.6. The molecule has 1 rings (SSSR count). The van der Waals surface area contributed by atoms with Crippen molar-refractivity contribution in [2.75, 3.05) is 0 Å². The molecule has 0 aliphatic rings. The molecule has 0 N–H and O–H groups in total. The molecule has 106 valence electrons. The van der Waals surface area contributed by atoms with Gasteiger partial charge in [-0.1, -0.05) is 26.2 Å². The van der Waals surface area contributed by atoms with E-state index in [0.29, 0.717) is 12.2 Å². The molecule has 0 radical (unpaired) electrons. The fourth-order valence-electron chi connectivity index (χ4n) is 2.76. The second kappa shape index (κ2) is 6.88. The van der Waals surface area contributed by atoms with Crippen molar-refractivity contribution in [2.45, 2.75) is 73.6 Å². The van der Waals surface area contributed by atoms with Crippen molar-refractivity contribution in [2.24, 2.45) is 0 Å². The minimum absolute atomic E-state index is 0.331. The summed E-state index contributed by atoms with van der Waals surface area (Å²) in [5, 5.41) is 0. The third kappa shape index (κ3) is 3.46. The first-order valence-electron chi connectivity index (χ1n) is 7.51. The van der Waals surface area contributed by atoms with Gasteiger partial charge in [0.1, 0.15) is 0 Å². The van der Waals surface area contributed by atoms with Gasteiger partial charge in [-0.2, -0.15) is 0 Å². The van der Waals surface area contributed by atoms with Crippen molar-refractivity contribution in [3.63, 3.8) is 0 Å². The molecule has 0 aliphatic carbocycles. The molecule has 0 aromatic heterocycles. The maximum Gasteiger partial charge on any atom is 0.163 e. The van der Waals surface area contributed by atoms with Crippen LogP contribution in [0.15, 0.2) is 0 Å². The first-order valence-corrected chi connectivity index (χ1v) is 7.51. The van der Waals surface area contributed by atoms with Gasteiger partial charge in [0.15, 0.2) is 5.78 Å². The van der Waals surface area contributed by atoms with Gasteiger partial charge in [-0.05, 0) is 68.9 Å². The van der Waals surface area contributed by atoms with Crippen LogP contribution >= 0.6 is 0 Å². The van der Waals surface area contributed by atoms with E-state index >= 15 is 0 Å². The van der Waals surface area contributed by atoms with Gasteiger partial charge in [0.2, 0.25) is 0 Å². The minimum atomic E-state index is 0.331. The Kier molecular flexibility index (Phi) is 5.78. The van der Waals surface area contributed by atoms with Crippen molar-refractivity contribution in [1.82, 2.24) is 0 Å². The molecule has 0 saturated carbocycles. The Balaban J connectivity index is 2.97. The van der Waals surface area contributed by atoms with Crippen LogP contribution in [-0.2, 0) is 0 Å². The van der Waals surface area contributed by atoms with Gasteiger partial charge in [-0.3, -0.25) is 4.79 Å². The Labute approximate surface area is 118 Å². The van der Waals surface area contributed by atoms with E-state index in [9.17, 15) is 4.79 Å². The standard InChI is InChI=1S/C18H28O/c1-7-8-9-10-11-17(19)18-15(5)13(3)12(2)14(4)16(18)6/h7-11H2,1-6H3. The number of benzene rings is 1. The fourth-order valence-corrected chi connectivity index (χ4v) is 2.76. The number of rotatable bonds is 6. The molecule has 0 spiro atoms. The van der Waals surface area contributed by atoms with E-state index in [1.54, 1.807) is 0 Å². The molecule has 0 bridgehead atoms. The number of carbonyl (C=O) groups excluding carboxylic acids is 1. The molecule has 1 nitrogen and oxygen atoms in total. The number of unbranched alkanes of at least 4 members (excludes halogenated alkanes) is 3. The van der Waals surface area contributed by atoms with Gasteiger partial charge in [-0.15, -0.1) is 0 Å². The van der Waals surface area contributed by atoms with Crippen molar-refractivity contribution in [3.05, 3.63) is 33.4 Å². The molecule has 0 atom stereocenters. The largest absolute Gasteiger partial charge is 0.294 e. The van der Waals surface area contributed by atoms with Crippen LogP contribution in [0.1, 0.15) is 77.2 Å². The summed E-state index contributed by atoms with van der Waals surface area (Å²) in [7, 11) is 0. The predicted octanol–water partition coefficient (Wildman–Crippen LogP) is 5.38. The van der Waals surface area contributed by atoms with Crippen LogP contribution in [0.5, 0.6) is 0 Å². The Morgan fingerprint density at radius 1 is 0.737 bits per heavy atom. The molecular formula is C18H28O. The third-order valence-corrected chi connectivity index (χ3v) is 4.54. The molecule has 0 saturated heterocycles. The van der Waals surface area contributed by atoms with Gasteiger partial charge < -0.3 is 0 Å². The van der Waals surface area contributed by atoms with Crippen LogP contribution in [0, 0.1) is 34.6 Å². The zero-order valence-electron chi connectivity index (χ0n) is 13.4. The van der Waals surface area contributed by atoms with Crippen molar-refractivity contribution >= 4 is 5.78 Å². The molecule has 0 fully saturated rings. The average molecular weight is 260 g/mol. The van der Waals surface area contributed by atoms with Crippen LogP contribution < -0.4 is 0 Å². The van der Waals surface area contributed by atoms with E-state index in [-0.39, 0.29) is 0 Å². The summed E-state index contributed by atoms with van der Waals surface area (Å²) >= 11 is 0. The first-order chi connectivity index (χ1) is 8.91. The summed E-state index contributed by atoms with van der Waals surface area (Å²) in [6.07, 6.45) is 5.34. The Hall–Kier alpha value is -1.11. The molecule has 0 unspecified atom stereocenters. The van der Waals surface area contributed by atoms with Crippen molar-refractivity contribution in [1.29, 1.82) is 0 Å². The molecule has 1 aromatic carbocycles. The Morgan fingerprint density at radius 2 is 1.21 bits per heavy atom. The summed E-state index contributed by atoms with van der Waals surface area (Å²) in [4.78, 5) is 12.5. The smallest absolute Gasteiger partial charge is 0.163 e. The quantitative estimate of drug-likeness (QED) is 0.495. The molecule has 1 aromatic rings. The lowest BCUT2D eigenvalue weighted by Gasteiger charge is -2.17. The highest BCUT2D eigenvalue weighted by Gasteiger charge is 2.17. The highest BCUT2D eigenvalue weighted by Crippen LogP contribution is 2.27. The van der Waals surface area contributed by atoms with Crippen LogP contribution in [0.2, 0.25) is 0 Å². The summed E-state index contributed by atoms with van der Waals surface area (Å²) in [5.74, 6) is 0.331. The van der Waals surface area contributed by atoms with Crippen LogP contribution in [0.25, 0.3) is 0 Å². The highest BCUT2D eigenvalue weighted by molar-refractivity contribution is 5.99. The molecule has 0 aliphatic heterocycles. The molecular weight excluding hydrogens is 232 g/mol. The Bertz CT molecular complexity index is 440. The molecule has 1 heteroatoms. The van der Waals surface area contributed by atoms with E-state index in [0.717, 1.165) is 12.0 Å². The summed E-state index contributed by atoms with van der Waals surface area (Å²) in [6.45, 7) is 12.8. The van der Waals surface area contributed by atoms with Gasteiger partial charge in [-0.25, -0.2) is 0 Å².